The Morgan fingerprint density at radius 2 is 2.31 bits per heavy atom. The first kappa shape index (κ1) is 10.3. The van der Waals surface area contributed by atoms with Crippen LogP contribution in [0.5, 0.6) is 0 Å². The Kier molecular flexibility index (Phi) is 4.54. The topological polar surface area (TPSA) is 35.3 Å². The summed E-state index contributed by atoms with van der Waals surface area (Å²) < 4.78 is 10.4. The highest BCUT2D eigenvalue weighted by Gasteiger charge is 1.99. The molecule has 3 nitrogen and oxygen atoms in total. The molecule has 0 fully saturated rings. The number of aromatic nitrogens is 1. The van der Waals surface area contributed by atoms with E-state index in [0.717, 1.165) is 24.5 Å². The van der Waals surface area contributed by atoms with Gasteiger partial charge in [0.2, 0.25) is 0 Å². The van der Waals surface area contributed by atoms with Gasteiger partial charge in [-0.15, -0.1) is 0 Å². The lowest BCUT2D eigenvalue weighted by Crippen LogP contribution is -1.93. The second kappa shape index (κ2) is 5.75. The molecule has 0 atom stereocenters. The summed E-state index contributed by atoms with van der Waals surface area (Å²) in [6.07, 6.45) is 3.59. The van der Waals surface area contributed by atoms with Crippen molar-refractivity contribution in [2.45, 2.75) is 39.7 Å². The molecule has 1 rings (SSSR count). The van der Waals surface area contributed by atoms with E-state index < -0.39 is 0 Å². The Labute approximate surface area is 79.1 Å². The van der Waals surface area contributed by atoms with Gasteiger partial charge in [-0.2, -0.15) is 0 Å². The second-order valence-electron chi connectivity index (χ2n) is 3.19. The molecular formula is C10H17NO2. The highest BCUT2D eigenvalue weighted by atomic mass is 16.5. The highest BCUT2D eigenvalue weighted by molar-refractivity contribution is 5.01. The van der Waals surface area contributed by atoms with Gasteiger partial charge in [0.15, 0.2) is 5.76 Å². The number of unbranched alkanes of at least 4 members (excludes halogenated alkanes) is 2. The third-order valence-corrected chi connectivity index (χ3v) is 1.81. The van der Waals surface area contributed by atoms with Crippen LogP contribution >= 0.6 is 0 Å². The fraction of sp³-hybridized carbons (Fsp3) is 0.700. The summed E-state index contributed by atoms with van der Waals surface area (Å²) in [6.45, 7) is 5.45. The van der Waals surface area contributed by atoms with Gasteiger partial charge >= 0.3 is 0 Å². The molecule has 3 heteroatoms. The van der Waals surface area contributed by atoms with Gasteiger partial charge in [0.05, 0.1) is 5.69 Å². The van der Waals surface area contributed by atoms with Crippen LogP contribution in [0.3, 0.4) is 0 Å². The van der Waals surface area contributed by atoms with Crippen molar-refractivity contribution in [3.8, 4) is 0 Å². The molecule has 0 radical (unpaired) electrons. The molecule has 1 heterocycles. The lowest BCUT2D eigenvalue weighted by atomic mass is 10.3. The largest absolute Gasteiger partial charge is 0.373 e. The molecule has 74 valence electrons. The van der Waals surface area contributed by atoms with E-state index in [4.69, 9.17) is 9.26 Å². The van der Waals surface area contributed by atoms with Crippen LogP contribution in [0.4, 0.5) is 0 Å². The summed E-state index contributed by atoms with van der Waals surface area (Å²) in [4.78, 5) is 0. The fourth-order valence-corrected chi connectivity index (χ4v) is 1.11. The summed E-state index contributed by atoms with van der Waals surface area (Å²) in [6, 6.07) is 1.90. The van der Waals surface area contributed by atoms with E-state index in [0.29, 0.717) is 6.61 Å². The zero-order valence-electron chi connectivity index (χ0n) is 8.38. The lowest BCUT2D eigenvalue weighted by molar-refractivity contribution is 0.0979. The number of nitrogens with zero attached hydrogens (tertiary/aromatic N) is 1. The number of ether oxygens (including phenoxy) is 1. The van der Waals surface area contributed by atoms with Crippen molar-refractivity contribution in [1.82, 2.24) is 5.16 Å². The molecule has 0 unspecified atom stereocenters. The maximum absolute atomic E-state index is 5.40. The Balaban J connectivity index is 2.06. The molecule has 0 aliphatic rings. The van der Waals surface area contributed by atoms with Crippen molar-refractivity contribution >= 4 is 0 Å². The molecule has 0 bridgehead atoms. The second-order valence-corrected chi connectivity index (χ2v) is 3.19. The van der Waals surface area contributed by atoms with Crippen molar-refractivity contribution in [3.05, 3.63) is 17.5 Å². The first-order valence-electron chi connectivity index (χ1n) is 4.83. The maximum atomic E-state index is 5.40. The predicted molar refractivity (Wildman–Crippen MR) is 50.4 cm³/mol. The van der Waals surface area contributed by atoms with Gasteiger partial charge in [-0.05, 0) is 13.3 Å². The highest BCUT2D eigenvalue weighted by Crippen LogP contribution is 2.04. The molecular weight excluding hydrogens is 166 g/mol. The van der Waals surface area contributed by atoms with Crippen LogP contribution in [-0.4, -0.2) is 11.8 Å². The van der Waals surface area contributed by atoms with E-state index in [-0.39, 0.29) is 0 Å². The molecule has 0 aromatic carbocycles. The van der Waals surface area contributed by atoms with Gasteiger partial charge < -0.3 is 9.26 Å². The Morgan fingerprint density at radius 1 is 1.46 bits per heavy atom. The average molecular weight is 183 g/mol. The minimum Gasteiger partial charge on any atom is -0.373 e. The monoisotopic (exact) mass is 183 g/mol. The van der Waals surface area contributed by atoms with Gasteiger partial charge in [0.25, 0.3) is 0 Å². The van der Waals surface area contributed by atoms with Gasteiger partial charge in [-0.3, -0.25) is 0 Å². The summed E-state index contributed by atoms with van der Waals surface area (Å²) in [7, 11) is 0. The molecule has 0 spiro atoms. The number of rotatable bonds is 6. The van der Waals surface area contributed by atoms with Crippen LogP contribution in [0.25, 0.3) is 0 Å². The van der Waals surface area contributed by atoms with Crippen LogP contribution in [0.15, 0.2) is 10.6 Å². The van der Waals surface area contributed by atoms with E-state index in [1.807, 2.05) is 13.0 Å². The molecule has 1 aromatic rings. The summed E-state index contributed by atoms with van der Waals surface area (Å²) >= 11 is 0. The molecule has 0 amide bonds. The van der Waals surface area contributed by atoms with Gasteiger partial charge in [-0.1, -0.05) is 24.9 Å². The van der Waals surface area contributed by atoms with E-state index in [1.165, 1.54) is 12.8 Å². The Morgan fingerprint density at radius 3 is 2.92 bits per heavy atom. The molecule has 0 saturated heterocycles. The minimum absolute atomic E-state index is 0.546. The van der Waals surface area contributed by atoms with Gasteiger partial charge in [-0.25, -0.2) is 0 Å². The molecule has 1 aromatic heterocycles. The van der Waals surface area contributed by atoms with Crippen molar-refractivity contribution in [2.75, 3.05) is 6.61 Å². The normalized spacial score (nSPS) is 10.6. The standard InChI is InChI=1S/C10H17NO2/c1-3-4-5-6-12-8-10-7-9(2)11-13-10/h7H,3-6,8H2,1-2H3. The van der Waals surface area contributed by atoms with Crippen molar-refractivity contribution in [2.24, 2.45) is 0 Å². The number of hydrogen-bond donors (Lipinski definition) is 0. The van der Waals surface area contributed by atoms with Crippen LogP contribution in [0, 0.1) is 6.92 Å². The first-order valence-corrected chi connectivity index (χ1v) is 4.83. The quantitative estimate of drug-likeness (QED) is 0.636. The Bertz CT molecular complexity index is 233. The van der Waals surface area contributed by atoms with Crippen molar-refractivity contribution in [3.63, 3.8) is 0 Å². The molecule has 0 saturated carbocycles. The van der Waals surface area contributed by atoms with E-state index in [1.54, 1.807) is 0 Å². The lowest BCUT2D eigenvalue weighted by Gasteiger charge is -1.99. The molecule has 0 N–H and O–H groups in total. The van der Waals surface area contributed by atoms with Crippen LogP contribution in [0.1, 0.15) is 37.6 Å². The van der Waals surface area contributed by atoms with Crippen molar-refractivity contribution in [1.29, 1.82) is 0 Å². The summed E-state index contributed by atoms with van der Waals surface area (Å²) in [5.74, 6) is 0.814. The smallest absolute Gasteiger partial charge is 0.162 e. The van der Waals surface area contributed by atoms with Crippen LogP contribution in [-0.2, 0) is 11.3 Å². The summed E-state index contributed by atoms with van der Waals surface area (Å²) in [5, 5.41) is 3.78. The van der Waals surface area contributed by atoms with E-state index >= 15 is 0 Å². The SMILES string of the molecule is CCCCCOCc1cc(C)no1. The summed E-state index contributed by atoms with van der Waals surface area (Å²) in [5.41, 5.74) is 0.909. The van der Waals surface area contributed by atoms with Crippen LogP contribution in [0.2, 0.25) is 0 Å². The van der Waals surface area contributed by atoms with Gasteiger partial charge in [0, 0.05) is 12.7 Å². The average Bonchev–Trinajstić information content (AvgIpc) is 2.51. The Hall–Kier alpha value is -0.830. The fourth-order valence-electron chi connectivity index (χ4n) is 1.11. The third-order valence-electron chi connectivity index (χ3n) is 1.81. The predicted octanol–water partition coefficient (Wildman–Crippen LogP) is 2.69. The minimum atomic E-state index is 0.546. The van der Waals surface area contributed by atoms with E-state index in [9.17, 15) is 0 Å². The number of hydrogen-bond acceptors (Lipinski definition) is 3. The molecule has 13 heavy (non-hydrogen) atoms. The van der Waals surface area contributed by atoms with Crippen molar-refractivity contribution < 1.29 is 9.26 Å². The molecule has 0 aliphatic carbocycles. The molecule has 0 aliphatic heterocycles. The maximum Gasteiger partial charge on any atom is 0.162 e. The van der Waals surface area contributed by atoms with Gasteiger partial charge in [0.1, 0.15) is 6.61 Å². The first-order chi connectivity index (χ1) is 6.33. The van der Waals surface area contributed by atoms with Crippen LogP contribution < -0.4 is 0 Å². The zero-order valence-corrected chi connectivity index (χ0v) is 8.38. The number of aryl methyl sites for hydroxylation is 1. The zero-order chi connectivity index (χ0) is 9.52. The van der Waals surface area contributed by atoms with E-state index in [2.05, 4.69) is 12.1 Å². The third kappa shape index (κ3) is 4.08.